The summed E-state index contributed by atoms with van der Waals surface area (Å²) in [6.07, 6.45) is 0. The number of aliphatic hydroxyl groups excluding tert-OH is 1. The van der Waals surface area contributed by atoms with E-state index in [0.717, 1.165) is 13.1 Å². The van der Waals surface area contributed by atoms with E-state index in [1.807, 2.05) is 24.8 Å². The van der Waals surface area contributed by atoms with Gasteiger partial charge in [0.05, 0.1) is 18.3 Å². The summed E-state index contributed by atoms with van der Waals surface area (Å²) in [4.78, 5) is 15.2. The first-order chi connectivity index (χ1) is 10.4. The predicted molar refractivity (Wildman–Crippen MR) is 86.5 cm³/mol. The van der Waals surface area contributed by atoms with Gasteiger partial charge in [-0.05, 0) is 38.5 Å². The molecule has 5 nitrogen and oxygen atoms in total. The molecule has 0 fully saturated rings. The van der Waals surface area contributed by atoms with Gasteiger partial charge in [-0.1, -0.05) is 6.07 Å². The van der Waals surface area contributed by atoms with Gasteiger partial charge in [0, 0.05) is 26.7 Å². The van der Waals surface area contributed by atoms with Gasteiger partial charge in [0.15, 0.2) is 0 Å². The second-order valence-electron chi connectivity index (χ2n) is 5.26. The molecule has 1 aromatic rings. The summed E-state index contributed by atoms with van der Waals surface area (Å²) in [6, 6.07) is 4.44. The van der Waals surface area contributed by atoms with Crippen molar-refractivity contribution in [3.63, 3.8) is 0 Å². The fraction of sp³-hybridized carbons (Fsp3) is 0.562. The monoisotopic (exact) mass is 311 g/mol. The van der Waals surface area contributed by atoms with Gasteiger partial charge in [0.1, 0.15) is 5.82 Å². The number of amides is 2. The number of benzene rings is 1. The Morgan fingerprint density at radius 3 is 2.50 bits per heavy atom. The van der Waals surface area contributed by atoms with Crippen LogP contribution in [0.25, 0.3) is 0 Å². The molecule has 0 saturated heterocycles. The van der Waals surface area contributed by atoms with Crippen molar-refractivity contribution >= 4 is 11.7 Å². The van der Waals surface area contributed by atoms with Crippen LogP contribution in [0, 0.1) is 5.82 Å². The largest absolute Gasteiger partial charge is 0.394 e. The molecule has 0 aliphatic heterocycles. The fourth-order valence-corrected chi connectivity index (χ4v) is 2.11. The van der Waals surface area contributed by atoms with Gasteiger partial charge in [0.2, 0.25) is 0 Å². The average molecular weight is 311 g/mol. The van der Waals surface area contributed by atoms with E-state index in [9.17, 15) is 9.18 Å². The van der Waals surface area contributed by atoms with E-state index in [1.165, 1.54) is 11.0 Å². The van der Waals surface area contributed by atoms with Crippen molar-refractivity contribution in [2.75, 3.05) is 31.6 Å². The lowest BCUT2D eigenvalue weighted by molar-refractivity contribution is 0.157. The second-order valence-corrected chi connectivity index (χ2v) is 5.26. The number of hydrogen-bond donors (Lipinski definition) is 2. The third-order valence-corrected chi connectivity index (χ3v) is 3.81. The molecule has 0 aliphatic rings. The first kappa shape index (κ1) is 18.2. The van der Waals surface area contributed by atoms with Crippen molar-refractivity contribution in [2.24, 2.45) is 0 Å². The minimum Gasteiger partial charge on any atom is -0.394 e. The number of anilines is 1. The zero-order chi connectivity index (χ0) is 16.7. The maximum Gasteiger partial charge on any atom is 0.317 e. The number of halogens is 1. The van der Waals surface area contributed by atoms with E-state index in [4.69, 9.17) is 5.11 Å². The van der Waals surface area contributed by atoms with Crippen LogP contribution in [-0.4, -0.2) is 48.8 Å². The Morgan fingerprint density at radius 2 is 2.00 bits per heavy atom. The van der Waals surface area contributed by atoms with E-state index in [0.29, 0.717) is 11.3 Å². The Hall–Kier alpha value is -1.82. The highest BCUT2D eigenvalue weighted by atomic mass is 19.1. The molecule has 22 heavy (non-hydrogen) atoms. The summed E-state index contributed by atoms with van der Waals surface area (Å²) in [5.74, 6) is -0.285. The average Bonchev–Trinajstić information content (AvgIpc) is 2.53. The molecule has 0 saturated carbocycles. The first-order valence-corrected chi connectivity index (χ1v) is 7.59. The molecule has 6 heteroatoms. The number of carbonyl (C=O) groups is 1. The van der Waals surface area contributed by atoms with Crippen molar-refractivity contribution in [3.8, 4) is 0 Å². The van der Waals surface area contributed by atoms with Crippen LogP contribution < -0.4 is 10.2 Å². The smallest absolute Gasteiger partial charge is 0.317 e. The molecule has 1 aromatic carbocycles. The van der Waals surface area contributed by atoms with E-state index in [-0.39, 0.29) is 31.0 Å². The van der Waals surface area contributed by atoms with E-state index in [2.05, 4.69) is 5.32 Å². The SMILES string of the molecule is CCN(CC)c1ccc(CNC(=O)N(C)C(C)CO)cc1F. The van der Waals surface area contributed by atoms with Crippen LogP contribution in [0.4, 0.5) is 14.9 Å². The Labute approximate surface area is 131 Å². The van der Waals surface area contributed by atoms with Gasteiger partial charge in [-0.3, -0.25) is 0 Å². The predicted octanol–water partition coefficient (Wildman–Crippen LogP) is 2.19. The molecule has 1 unspecified atom stereocenters. The van der Waals surface area contributed by atoms with Crippen molar-refractivity contribution in [1.29, 1.82) is 0 Å². The summed E-state index contributed by atoms with van der Waals surface area (Å²) in [7, 11) is 1.61. The molecule has 1 atom stereocenters. The van der Waals surface area contributed by atoms with Crippen molar-refractivity contribution < 1.29 is 14.3 Å². The van der Waals surface area contributed by atoms with E-state index in [1.54, 1.807) is 20.0 Å². The Bertz CT molecular complexity index is 492. The van der Waals surface area contributed by atoms with E-state index >= 15 is 0 Å². The van der Waals surface area contributed by atoms with Crippen molar-refractivity contribution in [3.05, 3.63) is 29.6 Å². The van der Waals surface area contributed by atoms with Crippen LogP contribution in [0.5, 0.6) is 0 Å². The van der Waals surface area contributed by atoms with Crippen LogP contribution in [0.1, 0.15) is 26.3 Å². The van der Waals surface area contributed by atoms with Gasteiger partial charge in [-0.25, -0.2) is 9.18 Å². The quantitative estimate of drug-likeness (QED) is 0.811. The zero-order valence-corrected chi connectivity index (χ0v) is 13.8. The molecule has 0 bridgehead atoms. The topological polar surface area (TPSA) is 55.8 Å². The number of aliphatic hydroxyl groups is 1. The van der Waals surface area contributed by atoms with Crippen molar-refractivity contribution in [1.82, 2.24) is 10.2 Å². The van der Waals surface area contributed by atoms with Crippen LogP contribution in [0.2, 0.25) is 0 Å². The van der Waals surface area contributed by atoms with Crippen molar-refractivity contribution in [2.45, 2.75) is 33.4 Å². The molecule has 2 N–H and O–H groups in total. The molecule has 0 aliphatic carbocycles. The number of rotatable bonds is 7. The van der Waals surface area contributed by atoms with Gasteiger partial charge < -0.3 is 20.2 Å². The molecule has 2 amide bonds. The summed E-state index contributed by atoms with van der Waals surface area (Å²) in [5.41, 5.74) is 1.28. The third-order valence-electron chi connectivity index (χ3n) is 3.81. The van der Waals surface area contributed by atoms with Gasteiger partial charge in [-0.15, -0.1) is 0 Å². The molecular weight excluding hydrogens is 285 g/mol. The summed E-state index contributed by atoms with van der Waals surface area (Å²) in [5, 5.41) is 11.7. The van der Waals surface area contributed by atoms with Crippen LogP contribution in [0.15, 0.2) is 18.2 Å². The summed E-state index contributed by atoms with van der Waals surface area (Å²) in [6.45, 7) is 7.34. The molecule has 0 spiro atoms. The van der Waals surface area contributed by atoms with Gasteiger partial charge in [-0.2, -0.15) is 0 Å². The molecule has 124 valence electrons. The number of nitrogens with one attached hydrogen (secondary N) is 1. The minimum atomic E-state index is -0.297. The number of carbonyl (C=O) groups excluding carboxylic acids is 1. The number of hydrogen-bond acceptors (Lipinski definition) is 3. The second kappa shape index (κ2) is 8.58. The normalized spacial score (nSPS) is 11.9. The summed E-state index contributed by atoms with van der Waals surface area (Å²) < 4.78 is 14.1. The summed E-state index contributed by atoms with van der Waals surface area (Å²) >= 11 is 0. The maximum atomic E-state index is 14.1. The standard InChI is InChI=1S/C16H26FN3O2/c1-5-20(6-2)15-8-7-13(9-14(15)17)10-18-16(22)19(4)12(3)11-21/h7-9,12,21H,5-6,10-11H2,1-4H3,(H,18,22). The first-order valence-electron chi connectivity index (χ1n) is 7.59. The van der Waals surface area contributed by atoms with Gasteiger partial charge in [0.25, 0.3) is 0 Å². The van der Waals surface area contributed by atoms with Crippen LogP contribution in [0.3, 0.4) is 0 Å². The lowest BCUT2D eigenvalue weighted by Gasteiger charge is -2.24. The number of urea groups is 1. The molecule has 0 aromatic heterocycles. The molecule has 0 radical (unpaired) electrons. The fourth-order valence-electron chi connectivity index (χ4n) is 2.11. The molecule has 1 rings (SSSR count). The lowest BCUT2D eigenvalue weighted by atomic mass is 10.2. The highest BCUT2D eigenvalue weighted by Crippen LogP contribution is 2.20. The van der Waals surface area contributed by atoms with Gasteiger partial charge >= 0.3 is 6.03 Å². The van der Waals surface area contributed by atoms with Crippen LogP contribution in [-0.2, 0) is 6.54 Å². The molecular formula is C16H26FN3O2. The molecule has 0 heterocycles. The Balaban J connectivity index is 2.68. The lowest BCUT2D eigenvalue weighted by Crippen LogP contribution is -2.43. The minimum absolute atomic E-state index is 0.100. The number of likely N-dealkylation sites (N-methyl/N-ethyl adjacent to an activating group) is 1. The Morgan fingerprint density at radius 1 is 1.36 bits per heavy atom. The van der Waals surface area contributed by atoms with Crippen LogP contribution >= 0.6 is 0 Å². The highest BCUT2D eigenvalue weighted by molar-refractivity contribution is 5.74. The maximum absolute atomic E-state index is 14.1. The zero-order valence-electron chi connectivity index (χ0n) is 13.8. The Kier molecular flexibility index (Phi) is 7.11. The highest BCUT2D eigenvalue weighted by Gasteiger charge is 2.15. The number of nitrogens with zero attached hydrogens (tertiary/aromatic N) is 2. The third kappa shape index (κ3) is 4.59. The van der Waals surface area contributed by atoms with E-state index < -0.39 is 0 Å².